The quantitative estimate of drug-likeness (QED) is 0.841. The van der Waals surface area contributed by atoms with Crippen LogP contribution in [0.3, 0.4) is 0 Å². The van der Waals surface area contributed by atoms with Crippen LogP contribution in [-0.4, -0.2) is 18.6 Å². The zero-order valence-corrected chi connectivity index (χ0v) is 9.27. The minimum atomic E-state index is 0.627. The van der Waals surface area contributed by atoms with Crippen LogP contribution in [0.4, 0.5) is 0 Å². The standard InChI is InChI=1S/C11H13ClN2O/c1-15-10-5-8(12)4-9-7(2-3-13)6-14-11(9)10/h4-6,14H,2-3,13H2,1H3. The SMILES string of the molecule is COc1cc(Cl)cc2c(CCN)c[nH]c12. The number of halogens is 1. The molecule has 0 atom stereocenters. The van der Waals surface area contributed by atoms with E-state index in [-0.39, 0.29) is 0 Å². The van der Waals surface area contributed by atoms with E-state index in [0.29, 0.717) is 11.6 Å². The highest BCUT2D eigenvalue weighted by Crippen LogP contribution is 2.31. The zero-order valence-electron chi connectivity index (χ0n) is 8.51. The van der Waals surface area contributed by atoms with Crippen LogP contribution in [0, 0.1) is 0 Å². The summed E-state index contributed by atoms with van der Waals surface area (Å²) in [4.78, 5) is 3.18. The van der Waals surface area contributed by atoms with Gasteiger partial charge in [0.25, 0.3) is 0 Å². The van der Waals surface area contributed by atoms with E-state index in [9.17, 15) is 0 Å². The summed E-state index contributed by atoms with van der Waals surface area (Å²) in [7, 11) is 1.63. The molecule has 4 heteroatoms. The first-order valence-electron chi connectivity index (χ1n) is 4.80. The Morgan fingerprint density at radius 1 is 1.47 bits per heavy atom. The Labute approximate surface area is 93.2 Å². The second kappa shape index (κ2) is 4.13. The average molecular weight is 225 g/mol. The van der Waals surface area contributed by atoms with E-state index in [1.165, 1.54) is 5.56 Å². The number of aromatic amines is 1. The predicted octanol–water partition coefficient (Wildman–Crippen LogP) is 2.33. The first-order chi connectivity index (χ1) is 7.26. The number of rotatable bonds is 3. The number of fused-ring (bicyclic) bond motifs is 1. The van der Waals surface area contributed by atoms with Gasteiger partial charge in [0.1, 0.15) is 5.75 Å². The van der Waals surface area contributed by atoms with E-state index < -0.39 is 0 Å². The van der Waals surface area contributed by atoms with E-state index in [4.69, 9.17) is 22.1 Å². The summed E-state index contributed by atoms with van der Waals surface area (Å²) in [6, 6.07) is 3.73. The van der Waals surface area contributed by atoms with Crippen LogP contribution in [0.1, 0.15) is 5.56 Å². The van der Waals surface area contributed by atoms with Crippen LogP contribution in [0.5, 0.6) is 5.75 Å². The van der Waals surface area contributed by atoms with Gasteiger partial charge in [-0.25, -0.2) is 0 Å². The number of hydrogen-bond donors (Lipinski definition) is 2. The van der Waals surface area contributed by atoms with E-state index in [0.717, 1.165) is 23.1 Å². The van der Waals surface area contributed by atoms with Gasteiger partial charge in [-0.2, -0.15) is 0 Å². The summed E-state index contributed by atoms with van der Waals surface area (Å²) in [5.41, 5.74) is 7.69. The van der Waals surface area contributed by atoms with Crippen molar-refractivity contribution in [2.75, 3.05) is 13.7 Å². The number of hydrogen-bond acceptors (Lipinski definition) is 2. The third-order valence-electron chi connectivity index (χ3n) is 2.44. The zero-order chi connectivity index (χ0) is 10.8. The molecule has 1 heterocycles. The molecule has 0 spiro atoms. The monoisotopic (exact) mass is 224 g/mol. The number of H-pyrrole nitrogens is 1. The van der Waals surface area contributed by atoms with Gasteiger partial charge in [0.2, 0.25) is 0 Å². The minimum absolute atomic E-state index is 0.627. The fourth-order valence-corrected chi connectivity index (χ4v) is 1.95. The normalized spacial score (nSPS) is 10.9. The number of nitrogens with two attached hydrogens (primary N) is 1. The second-order valence-corrected chi connectivity index (χ2v) is 3.82. The number of benzene rings is 1. The van der Waals surface area contributed by atoms with Crippen LogP contribution >= 0.6 is 11.6 Å². The average Bonchev–Trinajstić information content (AvgIpc) is 2.61. The Morgan fingerprint density at radius 2 is 2.27 bits per heavy atom. The van der Waals surface area contributed by atoms with E-state index in [2.05, 4.69) is 4.98 Å². The molecular formula is C11H13ClN2O. The maximum atomic E-state index is 6.01. The fourth-order valence-electron chi connectivity index (χ4n) is 1.74. The lowest BCUT2D eigenvalue weighted by atomic mass is 10.1. The minimum Gasteiger partial charge on any atom is -0.495 e. The van der Waals surface area contributed by atoms with Gasteiger partial charge in [-0.05, 0) is 24.6 Å². The molecule has 0 amide bonds. The molecule has 0 bridgehead atoms. The molecule has 15 heavy (non-hydrogen) atoms. The third-order valence-corrected chi connectivity index (χ3v) is 2.66. The molecule has 3 nitrogen and oxygen atoms in total. The van der Waals surface area contributed by atoms with Gasteiger partial charge in [0, 0.05) is 22.7 Å². The highest BCUT2D eigenvalue weighted by atomic mass is 35.5. The van der Waals surface area contributed by atoms with Crippen LogP contribution in [-0.2, 0) is 6.42 Å². The first kappa shape index (κ1) is 10.3. The van der Waals surface area contributed by atoms with E-state index in [1.54, 1.807) is 13.2 Å². The Hall–Kier alpha value is -1.19. The van der Waals surface area contributed by atoms with E-state index in [1.807, 2.05) is 12.3 Å². The molecule has 2 aromatic rings. The molecule has 0 radical (unpaired) electrons. The molecular weight excluding hydrogens is 212 g/mol. The molecule has 0 saturated heterocycles. The molecule has 0 saturated carbocycles. The van der Waals surface area contributed by atoms with Crippen LogP contribution in [0.25, 0.3) is 10.9 Å². The molecule has 0 fully saturated rings. The number of ether oxygens (including phenoxy) is 1. The third kappa shape index (κ3) is 1.80. The van der Waals surface area contributed by atoms with Crippen molar-refractivity contribution in [3.63, 3.8) is 0 Å². The smallest absolute Gasteiger partial charge is 0.144 e. The largest absolute Gasteiger partial charge is 0.495 e. The van der Waals surface area contributed by atoms with Gasteiger partial charge in [0.05, 0.1) is 12.6 Å². The van der Waals surface area contributed by atoms with Crippen molar-refractivity contribution in [1.29, 1.82) is 0 Å². The highest BCUT2D eigenvalue weighted by molar-refractivity contribution is 6.31. The van der Waals surface area contributed by atoms with E-state index >= 15 is 0 Å². The van der Waals surface area contributed by atoms with Crippen molar-refractivity contribution in [1.82, 2.24) is 4.98 Å². The molecule has 0 aliphatic carbocycles. The van der Waals surface area contributed by atoms with Gasteiger partial charge in [-0.3, -0.25) is 0 Å². The Morgan fingerprint density at radius 3 is 2.93 bits per heavy atom. The van der Waals surface area contributed by atoms with Gasteiger partial charge >= 0.3 is 0 Å². The van der Waals surface area contributed by atoms with Crippen LogP contribution < -0.4 is 10.5 Å². The van der Waals surface area contributed by atoms with Crippen molar-refractivity contribution in [2.45, 2.75) is 6.42 Å². The predicted molar refractivity (Wildman–Crippen MR) is 62.6 cm³/mol. The van der Waals surface area contributed by atoms with Crippen LogP contribution in [0.15, 0.2) is 18.3 Å². The maximum absolute atomic E-state index is 6.01. The van der Waals surface area contributed by atoms with Gasteiger partial charge in [0.15, 0.2) is 0 Å². The summed E-state index contributed by atoms with van der Waals surface area (Å²) in [5.74, 6) is 0.765. The topological polar surface area (TPSA) is 51.0 Å². The van der Waals surface area contributed by atoms with Crippen molar-refractivity contribution in [2.24, 2.45) is 5.73 Å². The fraction of sp³-hybridized carbons (Fsp3) is 0.273. The van der Waals surface area contributed by atoms with Gasteiger partial charge in [-0.15, -0.1) is 0 Å². The lowest BCUT2D eigenvalue weighted by molar-refractivity contribution is 0.419. The lowest BCUT2D eigenvalue weighted by Crippen LogP contribution is -2.01. The van der Waals surface area contributed by atoms with Crippen molar-refractivity contribution >= 4 is 22.5 Å². The number of methoxy groups -OCH3 is 1. The van der Waals surface area contributed by atoms with Crippen molar-refractivity contribution < 1.29 is 4.74 Å². The summed E-state index contributed by atoms with van der Waals surface area (Å²) >= 11 is 6.01. The molecule has 0 unspecified atom stereocenters. The second-order valence-electron chi connectivity index (χ2n) is 3.38. The summed E-state index contributed by atoms with van der Waals surface area (Å²) in [6.07, 6.45) is 2.79. The van der Waals surface area contributed by atoms with Gasteiger partial charge < -0.3 is 15.5 Å². The highest BCUT2D eigenvalue weighted by Gasteiger charge is 2.08. The van der Waals surface area contributed by atoms with Gasteiger partial charge in [-0.1, -0.05) is 11.6 Å². The molecule has 0 aliphatic rings. The Balaban J connectivity index is 2.64. The van der Waals surface area contributed by atoms with Crippen molar-refractivity contribution in [3.8, 4) is 5.75 Å². The Kier molecular flexibility index (Phi) is 2.84. The molecule has 80 valence electrons. The molecule has 0 aliphatic heterocycles. The van der Waals surface area contributed by atoms with Crippen molar-refractivity contribution in [3.05, 3.63) is 28.9 Å². The molecule has 1 aromatic heterocycles. The number of nitrogens with one attached hydrogen (secondary N) is 1. The lowest BCUT2D eigenvalue weighted by Gasteiger charge is -2.03. The molecule has 3 N–H and O–H groups in total. The molecule has 2 rings (SSSR count). The number of aromatic nitrogens is 1. The first-order valence-corrected chi connectivity index (χ1v) is 5.17. The summed E-state index contributed by atoms with van der Waals surface area (Å²) in [5, 5.41) is 1.77. The Bertz CT molecular complexity index is 479. The molecule has 1 aromatic carbocycles. The van der Waals surface area contributed by atoms with Crippen LogP contribution in [0.2, 0.25) is 5.02 Å². The summed E-state index contributed by atoms with van der Waals surface area (Å²) in [6.45, 7) is 0.627. The summed E-state index contributed by atoms with van der Waals surface area (Å²) < 4.78 is 5.25. The maximum Gasteiger partial charge on any atom is 0.144 e.